The van der Waals surface area contributed by atoms with Gasteiger partial charge in [0.2, 0.25) is 0 Å². The van der Waals surface area contributed by atoms with Crippen LogP contribution in [0.25, 0.3) is 0 Å². The molecule has 0 saturated carbocycles. The zero-order valence-corrected chi connectivity index (χ0v) is 15.3. The molecule has 0 saturated heterocycles. The zero-order chi connectivity index (χ0) is 15.8. The van der Waals surface area contributed by atoms with Gasteiger partial charge in [0.15, 0.2) is 9.84 Å². The second kappa shape index (κ2) is 5.70. The highest BCUT2D eigenvalue weighted by Gasteiger charge is 2.23. The fourth-order valence-corrected chi connectivity index (χ4v) is 5.59. The summed E-state index contributed by atoms with van der Waals surface area (Å²) in [5.74, 6) is -0.101. The lowest BCUT2D eigenvalue weighted by Crippen LogP contribution is -2.12. The van der Waals surface area contributed by atoms with Crippen LogP contribution in [-0.4, -0.2) is 13.4 Å². The monoisotopic (exact) mass is 388 g/mol. The molecule has 0 bridgehead atoms. The maximum absolute atomic E-state index is 12.5. The summed E-state index contributed by atoms with van der Waals surface area (Å²) in [5.41, 5.74) is 6.99. The molecular weight excluding hydrogens is 372 g/mol. The number of benzene rings is 1. The largest absolute Gasteiger partial charge is 0.399 e. The highest BCUT2D eigenvalue weighted by Crippen LogP contribution is 2.29. The first-order valence-corrected chi connectivity index (χ1v) is 9.65. The van der Waals surface area contributed by atoms with Crippen LogP contribution in [0.5, 0.6) is 0 Å². The summed E-state index contributed by atoms with van der Waals surface area (Å²) in [6.07, 6.45) is 0. The molecule has 1 aromatic carbocycles. The van der Waals surface area contributed by atoms with Crippen molar-refractivity contribution >= 4 is 42.8 Å². The van der Waals surface area contributed by atoms with Crippen molar-refractivity contribution in [2.75, 3.05) is 5.73 Å². The van der Waals surface area contributed by atoms with Crippen molar-refractivity contribution < 1.29 is 8.42 Å². The van der Waals surface area contributed by atoms with Crippen LogP contribution in [0.2, 0.25) is 0 Å². The van der Waals surface area contributed by atoms with Gasteiger partial charge in [-0.3, -0.25) is 0 Å². The number of hydrogen-bond acceptors (Lipinski definition) is 5. The highest BCUT2D eigenvalue weighted by molar-refractivity contribution is 9.10. The van der Waals surface area contributed by atoms with Crippen molar-refractivity contribution in [1.29, 1.82) is 0 Å². The molecule has 2 rings (SSSR count). The first-order valence-electron chi connectivity index (χ1n) is 6.32. The number of nitrogens with zero attached hydrogens (tertiary/aromatic N) is 1. The Labute approximate surface area is 137 Å². The molecule has 4 nitrogen and oxygen atoms in total. The zero-order valence-electron chi connectivity index (χ0n) is 12.1. The maximum atomic E-state index is 12.5. The molecule has 0 aliphatic carbocycles. The summed E-state index contributed by atoms with van der Waals surface area (Å²) in [6.45, 7) is 6.16. The number of nitrogens with two attached hydrogens (primary N) is 1. The fraction of sp³-hybridized carbons (Fsp3) is 0.357. The number of halogens is 1. The van der Waals surface area contributed by atoms with Crippen LogP contribution in [0.15, 0.2) is 32.9 Å². The SMILES string of the molecule is CC(C)(C)c1csc(CS(=O)(=O)c2ccc(N)cc2Br)n1. The Hall–Kier alpha value is -0.920. The molecule has 2 N–H and O–H groups in total. The minimum Gasteiger partial charge on any atom is -0.399 e. The van der Waals surface area contributed by atoms with E-state index in [1.807, 2.05) is 5.38 Å². The molecule has 0 radical (unpaired) electrons. The van der Waals surface area contributed by atoms with E-state index in [0.717, 1.165) is 5.69 Å². The van der Waals surface area contributed by atoms with Crippen LogP contribution in [0.4, 0.5) is 5.69 Å². The lowest BCUT2D eigenvalue weighted by molar-refractivity contribution is 0.570. The molecule has 21 heavy (non-hydrogen) atoms. The van der Waals surface area contributed by atoms with Gasteiger partial charge in [-0.15, -0.1) is 11.3 Å². The summed E-state index contributed by atoms with van der Waals surface area (Å²) in [5, 5.41) is 2.52. The van der Waals surface area contributed by atoms with Crippen LogP contribution in [0.1, 0.15) is 31.5 Å². The average molecular weight is 389 g/mol. The third-order valence-electron chi connectivity index (χ3n) is 2.92. The van der Waals surface area contributed by atoms with E-state index in [1.165, 1.54) is 17.4 Å². The van der Waals surface area contributed by atoms with Gasteiger partial charge in [0.25, 0.3) is 0 Å². The van der Waals surface area contributed by atoms with Gasteiger partial charge >= 0.3 is 0 Å². The molecule has 0 fully saturated rings. The Morgan fingerprint density at radius 2 is 2.00 bits per heavy atom. The Kier molecular flexibility index (Phi) is 4.46. The summed E-state index contributed by atoms with van der Waals surface area (Å²) >= 11 is 4.63. The molecule has 0 atom stereocenters. The molecular formula is C14H17BrN2O2S2. The van der Waals surface area contributed by atoms with E-state index < -0.39 is 9.84 Å². The van der Waals surface area contributed by atoms with Gasteiger partial charge < -0.3 is 5.73 Å². The van der Waals surface area contributed by atoms with Gasteiger partial charge in [-0.2, -0.15) is 0 Å². The molecule has 0 unspecified atom stereocenters. The van der Waals surface area contributed by atoms with Gasteiger partial charge in [0.05, 0.1) is 10.6 Å². The Bertz CT molecular complexity index is 762. The molecule has 1 heterocycles. The lowest BCUT2D eigenvalue weighted by Gasteiger charge is -2.14. The second-order valence-electron chi connectivity index (χ2n) is 5.83. The maximum Gasteiger partial charge on any atom is 0.186 e. The van der Waals surface area contributed by atoms with E-state index in [4.69, 9.17) is 5.73 Å². The Morgan fingerprint density at radius 3 is 2.52 bits per heavy atom. The molecule has 1 aromatic heterocycles. The Balaban J connectivity index is 2.31. The number of hydrogen-bond donors (Lipinski definition) is 1. The van der Waals surface area contributed by atoms with Crippen molar-refractivity contribution in [2.45, 2.75) is 36.8 Å². The van der Waals surface area contributed by atoms with Gasteiger partial charge in [0.1, 0.15) is 10.8 Å². The van der Waals surface area contributed by atoms with Crippen LogP contribution in [0.3, 0.4) is 0 Å². The van der Waals surface area contributed by atoms with E-state index in [2.05, 4.69) is 41.7 Å². The van der Waals surface area contributed by atoms with Gasteiger partial charge in [-0.25, -0.2) is 13.4 Å². The predicted molar refractivity (Wildman–Crippen MR) is 90.3 cm³/mol. The smallest absolute Gasteiger partial charge is 0.186 e. The summed E-state index contributed by atoms with van der Waals surface area (Å²) < 4.78 is 25.5. The van der Waals surface area contributed by atoms with Crippen LogP contribution in [0, 0.1) is 0 Å². The molecule has 0 aliphatic rings. The standard InChI is InChI=1S/C14H17BrN2O2S2/c1-14(2,3)12-7-20-13(17-12)8-21(18,19)11-5-4-9(16)6-10(11)15/h4-7H,8,16H2,1-3H3. The van der Waals surface area contributed by atoms with E-state index in [9.17, 15) is 8.42 Å². The van der Waals surface area contributed by atoms with Crippen molar-refractivity contribution in [3.8, 4) is 0 Å². The number of sulfone groups is 1. The normalized spacial score (nSPS) is 12.6. The van der Waals surface area contributed by atoms with E-state index in [1.54, 1.807) is 12.1 Å². The number of aromatic nitrogens is 1. The van der Waals surface area contributed by atoms with E-state index in [-0.39, 0.29) is 16.1 Å². The summed E-state index contributed by atoms with van der Waals surface area (Å²) in [6, 6.07) is 4.70. The van der Waals surface area contributed by atoms with Crippen LogP contribution < -0.4 is 5.73 Å². The molecule has 0 amide bonds. The number of thiazole rings is 1. The van der Waals surface area contributed by atoms with Crippen molar-refractivity contribution in [2.24, 2.45) is 0 Å². The third-order valence-corrected chi connectivity index (χ3v) is 6.55. The van der Waals surface area contributed by atoms with Gasteiger partial charge in [0, 0.05) is 21.0 Å². The molecule has 0 aliphatic heterocycles. The van der Waals surface area contributed by atoms with Crippen molar-refractivity contribution in [3.05, 3.63) is 38.8 Å². The Morgan fingerprint density at radius 1 is 1.33 bits per heavy atom. The summed E-state index contributed by atoms with van der Waals surface area (Å²) in [7, 11) is -3.45. The third kappa shape index (κ3) is 3.84. The fourth-order valence-electron chi connectivity index (χ4n) is 1.73. The summed E-state index contributed by atoms with van der Waals surface area (Å²) in [4.78, 5) is 4.68. The molecule has 114 valence electrons. The average Bonchev–Trinajstić information content (AvgIpc) is 2.75. The number of anilines is 1. The van der Waals surface area contributed by atoms with E-state index >= 15 is 0 Å². The topological polar surface area (TPSA) is 73.0 Å². The number of nitrogen functional groups attached to an aromatic ring is 1. The highest BCUT2D eigenvalue weighted by atomic mass is 79.9. The van der Waals surface area contributed by atoms with Gasteiger partial charge in [-0.05, 0) is 34.1 Å². The lowest BCUT2D eigenvalue weighted by atomic mass is 9.93. The first kappa shape index (κ1) is 16.5. The quantitative estimate of drug-likeness (QED) is 0.812. The first-order chi connectivity index (χ1) is 9.59. The van der Waals surface area contributed by atoms with Crippen LogP contribution >= 0.6 is 27.3 Å². The van der Waals surface area contributed by atoms with Gasteiger partial charge in [-0.1, -0.05) is 20.8 Å². The molecule has 2 aromatic rings. The van der Waals surface area contributed by atoms with Crippen molar-refractivity contribution in [3.63, 3.8) is 0 Å². The van der Waals surface area contributed by atoms with Crippen LogP contribution in [-0.2, 0) is 21.0 Å². The second-order valence-corrected chi connectivity index (χ2v) is 9.58. The molecule has 0 spiro atoms. The van der Waals surface area contributed by atoms with Crippen molar-refractivity contribution in [1.82, 2.24) is 4.98 Å². The number of rotatable bonds is 3. The minimum absolute atomic E-state index is 0.0830. The molecule has 7 heteroatoms. The minimum atomic E-state index is -3.45. The van der Waals surface area contributed by atoms with E-state index in [0.29, 0.717) is 15.2 Å². The predicted octanol–water partition coefficient (Wildman–Crippen LogP) is 3.76.